The number of likely N-dealkylation sites (tertiary alicyclic amines) is 1. The van der Waals surface area contributed by atoms with Crippen LogP contribution in [0.5, 0.6) is 5.75 Å². The van der Waals surface area contributed by atoms with E-state index in [9.17, 15) is 22.8 Å². The lowest BCUT2D eigenvalue weighted by molar-refractivity contribution is -0.274. The van der Waals surface area contributed by atoms with Crippen LogP contribution < -0.4 is 15.8 Å². The second-order valence-corrected chi connectivity index (χ2v) is 8.74. The summed E-state index contributed by atoms with van der Waals surface area (Å²) in [5, 5.41) is 2.86. The lowest BCUT2D eigenvalue weighted by Gasteiger charge is -2.37. The fourth-order valence-electron chi connectivity index (χ4n) is 4.48. The molecule has 0 aliphatic carbocycles. The molecule has 0 saturated carbocycles. The molecular weight excluding hydrogens is 485 g/mol. The maximum atomic E-state index is 13.1. The van der Waals surface area contributed by atoms with Gasteiger partial charge in [-0.1, -0.05) is 42.5 Å². The van der Waals surface area contributed by atoms with Crippen molar-refractivity contribution in [1.29, 1.82) is 0 Å². The number of imide groups is 1. The first-order chi connectivity index (χ1) is 16.2. The van der Waals surface area contributed by atoms with Crippen LogP contribution in [0.2, 0.25) is 0 Å². The number of ether oxygens (including phenoxy) is 1. The van der Waals surface area contributed by atoms with Crippen LogP contribution in [-0.2, 0) is 11.3 Å². The molecule has 2 aliphatic heterocycles. The van der Waals surface area contributed by atoms with Crippen LogP contribution in [-0.4, -0.2) is 53.3 Å². The van der Waals surface area contributed by atoms with Gasteiger partial charge in [0.25, 0.3) is 5.91 Å². The predicted molar refractivity (Wildman–Crippen MR) is 126 cm³/mol. The number of nitrogens with one attached hydrogen (secondary N) is 1. The highest BCUT2D eigenvalue weighted by Gasteiger charge is 2.52. The van der Waals surface area contributed by atoms with Gasteiger partial charge in [0.15, 0.2) is 0 Å². The number of carbonyl (C=O) groups is 2. The number of nitrogens with zero attached hydrogens (tertiary/aromatic N) is 2. The van der Waals surface area contributed by atoms with Crippen molar-refractivity contribution in [3.8, 4) is 5.75 Å². The third kappa shape index (κ3) is 6.45. The quantitative estimate of drug-likeness (QED) is 0.548. The third-order valence-corrected chi connectivity index (χ3v) is 6.44. The largest absolute Gasteiger partial charge is 0.573 e. The van der Waals surface area contributed by atoms with Crippen LogP contribution in [0.3, 0.4) is 0 Å². The van der Waals surface area contributed by atoms with Crippen LogP contribution in [0.1, 0.15) is 36.4 Å². The van der Waals surface area contributed by atoms with Crippen molar-refractivity contribution < 1.29 is 27.5 Å². The van der Waals surface area contributed by atoms with Crippen LogP contribution in [0.25, 0.3) is 0 Å². The van der Waals surface area contributed by atoms with Gasteiger partial charge in [-0.05, 0) is 49.1 Å². The Labute approximate surface area is 207 Å². The van der Waals surface area contributed by atoms with Gasteiger partial charge in [-0.3, -0.25) is 9.69 Å². The molecule has 3 amide bonds. The van der Waals surface area contributed by atoms with E-state index >= 15 is 0 Å². The van der Waals surface area contributed by atoms with Gasteiger partial charge in [0.1, 0.15) is 11.3 Å². The number of amides is 3. The molecular formula is C24H28ClF3N4O3. The number of hydrogen-bond donors (Lipinski definition) is 2. The molecule has 2 aromatic carbocycles. The number of alkyl halides is 3. The topological polar surface area (TPSA) is 87.9 Å². The standard InChI is InChI=1S/C24H27F3N4O3.ClH/c25-24(26,27)34-19-8-6-17(7-9-19)16-31-21(32)23(29-22(31)33)11-14-30(15-12-23)13-10-20(28)18-4-2-1-3-5-18;/h1-9,20H,10-16,28H2,(H,29,33);1H/t20-;/m0./s1. The summed E-state index contributed by atoms with van der Waals surface area (Å²) in [6.07, 6.45) is -3.00. The minimum Gasteiger partial charge on any atom is -0.406 e. The number of hydrogen-bond acceptors (Lipinski definition) is 5. The summed E-state index contributed by atoms with van der Waals surface area (Å²) >= 11 is 0. The summed E-state index contributed by atoms with van der Waals surface area (Å²) in [6.45, 7) is 2.09. The Bertz CT molecular complexity index is 1010. The van der Waals surface area contributed by atoms with Gasteiger partial charge in [-0.25, -0.2) is 4.79 Å². The number of nitrogens with two attached hydrogens (primary N) is 1. The number of carbonyl (C=O) groups excluding carboxylic acids is 2. The molecule has 1 spiro atoms. The SMILES string of the molecule is Cl.N[C@@H](CCN1CCC2(CC1)NC(=O)N(Cc1ccc(OC(F)(F)F)cc1)C2=O)c1ccccc1. The van der Waals surface area contributed by atoms with Crippen molar-refractivity contribution >= 4 is 24.3 Å². The van der Waals surface area contributed by atoms with Crippen LogP contribution in [0, 0.1) is 0 Å². The van der Waals surface area contributed by atoms with Gasteiger partial charge in [0, 0.05) is 19.1 Å². The average Bonchev–Trinajstić information content (AvgIpc) is 3.03. The summed E-state index contributed by atoms with van der Waals surface area (Å²) < 4.78 is 40.8. The van der Waals surface area contributed by atoms with Gasteiger partial charge in [0.2, 0.25) is 0 Å². The minimum atomic E-state index is -4.78. The minimum absolute atomic E-state index is 0. The molecule has 0 bridgehead atoms. The summed E-state index contributed by atoms with van der Waals surface area (Å²) in [6, 6.07) is 14.5. The molecule has 2 aliphatic rings. The second-order valence-electron chi connectivity index (χ2n) is 8.74. The Balaban J connectivity index is 0.00000342. The van der Waals surface area contributed by atoms with Crippen LogP contribution >= 0.6 is 12.4 Å². The fourth-order valence-corrected chi connectivity index (χ4v) is 4.48. The number of benzene rings is 2. The fraction of sp³-hybridized carbons (Fsp3) is 0.417. The van der Waals surface area contributed by atoms with Gasteiger partial charge in [0.05, 0.1) is 6.54 Å². The molecule has 2 heterocycles. The Morgan fingerprint density at radius 1 is 1.03 bits per heavy atom. The zero-order valence-corrected chi connectivity index (χ0v) is 19.8. The molecule has 0 radical (unpaired) electrons. The summed E-state index contributed by atoms with van der Waals surface area (Å²) in [5.41, 5.74) is 6.97. The van der Waals surface area contributed by atoms with E-state index in [0.717, 1.165) is 35.6 Å². The lowest BCUT2D eigenvalue weighted by atomic mass is 9.87. The first-order valence-corrected chi connectivity index (χ1v) is 11.2. The third-order valence-electron chi connectivity index (χ3n) is 6.44. The molecule has 7 nitrogen and oxygen atoms in total. The second kappa shape index (κ2) is 10.8. The highest BCUT2D eigenvalue weighted by molar-refractivity contribution is 6.07. The number of halogens is 4. The molecule has 11 heteroatoms. The van der Waals surface area contributed by atoms with Crippen molar-refractivity contribution in [2.45, 2.75) is 43.8 Å². The molecule has 0 aromatic heterocycles. The maximum absolute atomic E-state index is 13.1. The number of piperidine rings is 1. The first kappa shape index (κ1) is 26.8. The van der Waals surface area contributed by atoms with E-state index in [1.165, 1.54) is 12.1 Å². The molecule has 1 atom stereocenters. The van der Waals surface area contributed by atoms with E-state index in [-0.39, 0.29) is 36.7 Å². The Morgan fingerprint density at radius 2 is 1.66 bits per heavy atom. The van der Waals surface area contributed by atoms with Crippen LogP contribution in [0.15, 0.2) is 54.6 Å². The molecule has 2 saturated heterocycles. The first-order valence-electron chi connectivity index (χ1n) is 11.2. The van der Waals surface area contributed by atoms with E-state index in [0.29, 0.717) is 31.5 Å². The van der Waals surface area contributed by atoms with E-state index < -0.39 is 17.9 Å². The van der Waals surface area contributed by atoms with Crippen LogP contribution in [0.4, 0.5) is 18.0 Å². The maximum Gasteiger partial charge on any atom is 0.573 e. The normalized spacial score (nSPS) is 18.8. The highest BCUT2D eigenvalue weighted by Crippen LogP contribution is 2.31. The molecule has 4 rings (SSSR count). The highest BCUT2D eigenvalue weighted by atomic mass is 35.5. The Kier molecular flexibility index (Phi) is 8.30. The monoisotopic (exact) mass is 512 g/mol. The molecule has 3 N–H and O–H groups in total. The Morgan fingerprint density at radius 3 is 2.26 bits per heavy atom. The summed E-state index contributed by atoms with van der Waals surface area (Å²) in [4.78, 5) is 29.1. The van der Waals surface area contributed by atoms with Crippen molar-refractivity contribution in [1.82, 2.24) is 15.1 Å². The molecule has 190 valence electrons. The predicted octanol–water partition coefficient (Wildman–Crippen LogP) is 3.98. The lowest BCUT2D eigenvalue weighted by Crippen LogP contribution is -2.55. The van der Waals surface area contributed by atoms with Gasteiger partial charge in [-0.15, -0.1) is 25.6 Å². The van der Waals surface area contributed by atoms with Crippen molar-refractivity contribution in [2.24, 2.45) is 5.73 Å². The average molecular weight is 513 g/mol. The van der Waals surface area contributed by atoms with Crippen molar-refractivity contribution in [2.75, 3.05) is 19.6 Å². The van der Waals surface area contributed by atoms with E-state index in [4.69, 9.17) is 5.73 Å². The van der Waals surface area contributed by atoms with Gasteiger partial charge >= 0.3 is 12.4 Å². The van der Waals surface area contributed by atoms with E-state index in [1.54, 1.807) is 0 Å². The van der Waals surface area contributed by atoms with E-state index in [2.05, 4.69) is 15.0 Å². The smallest absolute Gasteiger partial charge is 0.406 e. The molecule has 2 fully saturated rings. The summed E-state index contributed by atoms with van der Waals surface area (Å²) in [7, 11) is 0. The number of rotatable bonds is 7. The van der Waals surface area contributed by atoms with Crippen molar-refractivity contribution in [3.05, 3.63) is 65.7 Å². The zero-order valence-electron chi connectivity index (χ0n) is 19.0. The van der Waals surface area contributed by atoms with Crippen molar-refractivity contribution in [3.63, 3.8) is 0 Å². The number of urea groups is 1. The van der Waals surface area contributed by atoms with Gasteiger partial charge in [-0.2, -0.15) is 0 Å². The molecule has 35 heavy (non-hydrogen) atoms. The van der Waals surface area contributed by atoms with Gasteiger partial charge < -0.3 is 20.7 Å². The Hall–Kier alpha value is -2.82. The molecule has 0 unspecified atom stereocenters. The summed E-state index contributed by atoms with van der Waals surface area (Å²) in [5.74, 6) is -0.655. The molecule has 2 aromatic rings. The van der Waals surface area contributed by atoms with E-state index in [1.807, 2.05) is 30.3 Å². The zero-order chi connectivity index (χ0) is 24.3.